The van der Waals surface area contributed by atoms with Crippen molar-refractivity contribution in [1.82, 2.24) is 15.3 Å². The lowest BCUT2D eigenvalue weighted by molar-refractivity contribution is -0.148. The number of carbonyl (C=O) groups is 2. The van der Waals surface area contributed by atoms with E-state index < -0.39 is 17.4 Å². The number of hydrogen-bond acceptors (Lipinski definition) is 4. The average Bonchev–Trinajstić information content (AvgIpc) is 2.88. The number of anilines is 1. The Morgan fingerprint density at radius 1 is 1.26 bits per heavy atom. The molecule has 7 heteroatoms. The van der Waals surface area contributed by atoms with Crippen molar-refractivity contribution in [1.29, 1.82) is 0 Å². The number of carbonyl (C=O) groups excluding carboxylic acids is 1. The normalized spacial score (nSPS) is 16.8. The minimum Gasteiger partial charge on any atom is -0.481 e. The van der Waals surface area contributed by atoms with Crippen LogP contribution in [-0.2, 0) is 4.79 Å². The fraction of sp³-hybridized carbons (Fsp3) is 0.500. The second-order valence-electron chi connectivity index (χ2n) is 4.67. The SMILES string of the molecule is O=C(NCC1(C(=O)O)CCCC1)Nc1ncccn1. The van der Waals surface area contributed by atoms with Gasteiger partial charge in [0.15, 0.2) is 0 Å². The third-order valence-electron chi connectivity index (χ3n) is 3.39. The fourth-order valence-corrected chi connectivity index (χ4v) is 2.28. The van der Waals surface area contributed by atoms with Crippen LogP contribution in [0.5, 0.6) is 0 Å². The molecular weight excluding hydrogens is 248 g/mol. The summed E-state index contributed by atoms with van der Waals surface area (Å²) in [5, 5.41) is 14.3. The molecule has 0 bridgehead atoms. The number of rotatable bonds is 4. The number of urea groups is 1. The van der Waals surface area contributed by atoms with Crippen molar-refractivity contribution < 1.29 is 14.7 Å². The monoisotopic (exact) mass is 264 g/mol. The van der Waals surface area contributed by atoms with Gasteiger partial charge in [0.1, 0.15) is 0 Å². The number of carboxylic acid groups (broad SMARTS) is 1. The number of hydrogen-bond donors (Lipinski definition) is 3. The average molecular weight is 264 g/mol. The minimum absolute atomic E-state index is 0.126. The predicted octanol–water partition coefficient (Wildman–Crippen LogP) is 1.24. The van der Waals surface area contributed by atoms with Crippen LogP contribution in [0.4, 0.5) is 10.7 Å². The lowest BCUT2D eigenvalue weighted by atomic mass is 9.86. The van der Waals surface area contributed by atoms with E-state index in [4.69, 9.17) is 0 Å². The number of aliphatic carboxylic acids is 1. The van der Waals surface area contributed by atoms with Gasteiger partial charge in [-0.3, -0.25) is 10.1 Å². The molecule has 1 saturated carbocycles. The lowest BCUT2D eigenvalue weighted by Crippen LogP contribution is -2.42. The van der Waals surface area contributed by atoms with Crippen LogP contribution in [0.3, 0.4) is 0 Å². The maximum atomic E-state index is 11.6. The zero-order valence-corrected chi connectivity index (χ0v) is 10.4. The molecule has 0 aliphatic heterocycles. The highest BCUT2D eigenvalue weighted by atomic mass is 16.4. The Morgan fingerprint density at radius 3 is 2.47 bits per heavy atom. The van der Waals surface area contributed by atoms with Crippen molar-refractivity contribution in [2.75, 3.05) is 11.9 Å². The van der Waals surface area contributed by atoms with Crippen LogP contribution in [0.2, 0.25) is 0 Å². The first-order chi connectivity index (χ1) is 9.12. The summed E-state index contributed by atoms with van der Waals surface area (Å²) in [4.78, 5) is 30.6. The summed E-state index contributed by atoms with van der Waals surface area (Å²) in [5.41, 5.74) is -0.825. The van der Waals surface area contributed by atoms with E-state index in [1.807, 2.05) is 0 Å². The molecule has 0 spiro atoms. The van der Waals surface area contributed by atoms with Crippen molar-refractivity contribution >= 4 is 17.9 Å². The van der Waals surface area contributed by atoms with Gasteiger partial charge in [-0.2, -0.15) is 0 Å². The molecular formula is C12H16N4O3. The Morgan fingerprint density at radius 2 is 1.89 bits per heavy atom. The van der Waals surface area contributed by atoms with E-state index in [1.165, 1.54) is 12.4 Å². The summed E-state index contributed by atoms with van der Waals surface area (Å²) in [6, 6.07) is 1.15. The Bertz CT molecular complexity index is 457. The van der Waals surface area contributed by atoms with Crippen LogP contribution in [0.1, 0.15) is 25.7 Å². The van der Waals surface area contributed by atoms with Gasteiger partial charge in [0.05, 0.1) is 5.41 Å². The zero-order valence-electron chi connectivity index (χ0n) is 10.4. The minimum atomic E-state index is -0.846. The largest absolute Gasteiger partial charge is 0.481 e. The van der Waals surface area contributed by atoms with E-state index >= 15 is 0 Å². The highest BCUT2D eigenvalue weighted by molar-refractivity contribution is 5.87. The van der Waals surface area contributed by atoms with Crippen LogP contribution in [-0.4, -0.2) is 33.6 Å². The Labute approximate surface area is 110 Å². The number of nitrogens with one attached hydrogen (secondary N) is 2. The zero-order chi connectivity index (χ0) is 13.7. The van der Waals surface area contributed by atoms with Gasteiger partial charge in [0.25, 0.3) is 0 Å². The highest BCUT2D eigenvalue weighted by Crippen LogP contribution is 2.37. The van der Waals surface area contributed by atoms with Gasteiger partial charge in [0, 0.05) is 18.9 Å². The van der Waals surface area contributed by atoms with Crippen LogP contribution in [0.15, 0.2) is 18.5 Å². The Hall–Kier alpha value is -2.18. The molecule has 0 aromatic carbocycles. The topological polar surface area (TPSA) is 104 Å². The van der Waals surface area contributed by atoms with Crippen molar-refractivity contribution in [3.63, 3.8) is 0 Å². The van der Waals surface area contributed by atoms with E-state index in [1.54, 1.807) is 6.07 Å². The van der Waals surface area contributed by atoms with Gasteiger partial charge in [0.2, 0.25) is 5.95 Å². The highest BCUT2D eigenvalue weighted by Gasteiger charge is 2.41. The van der Waals surface area contributed by atoms with Gasteiger partial charge in [-0.25, -0.2) is 14.8 Å². The standard InChI is InChI=1S/C12H16N4O3/c17-9(18)12(4-1-2-5-12)8-15-11(19)16-10-13-6-3-7-14-10/h3,6-7H,1-2,4-5,8H2,(H,17,18)(H2,13,14,15,16,19). The van der Waals surface area contributed by atoms with Gasteiger partial charge in [-0.05, 0) is 18.9 Å². The summed E-state index contributed by atoms with van der Waals surface area (Å²) < 4.78 is 0. The molecule has 3 N–H and O–H groups in total. The Balaban J connectivity index is 1.88. The second kappa shape index (κ2) is 5.64. The number of amides is 2. The van der Waals surface area contributed by atoms with Crippen molar-refractivity contribution in [3.05, 3.63) is 18.5 Å². The summed E-state index contributed by atoms with van der Waals surface area (Å²) in [6.07, 6.45) is 6.00. The molecule has 7 nitrogen and oxygen atoms in total. The van der Waals surface area contributed by atoms with E-state index in [9.17, 15) is 14.7 Å². The molecule has 1 aliphatic rings. The molecule has 102 valence electrons. The Kier molecular flexibility index (Phi) is 3.94. The number of aromatic nitrogens is 2. The molecule has 2 rings (SSSR count). The number of carboxylic acids is 1. The van der Waals surface area contributed by atoms with Crippen LogP contribution in [0, 0.1) is 5.41 Å². The second-order valence-corrected chi connectivity index (χ2v) is 4.67. The molecule has 1 aromatic heterocycles. The smallest absolute Gasteiger partial charge is 0.321 e. The van der Waals surface area contributed by atoms with E-state index in [-0.39, 0.29) is 12.5 Å². The molecule has 0 radical (unpaired) electrons. The molecule has 2 amide bonds. The molecule has 0 unspecified atom stereocenters. The molecule has 19 heavy (non-hydrogen) atoms. The third-order valence-corrected chi connectivity index (χ3v) is 3.39. The third kappa shape index (κ3) is 3.18. The molecule has 0 atom stereocenters. The van der Waals surface area contributed by atoms with Gasteiger partial charge < -0.3 is 10.4 Å². The maximum absolute atomic E-state index is 11.6. The summed E-state index contributed by atoms with van der Waals surface area (Å²) in [6.45, 7) is 0.126. The molecule has 1 heterocycles. The van der Waals surface area contributed by atoms with Crippen molar-refractivity contribution in [2.24, 2.45) is 5.41 Å². The first-order valence-corrected chi connectivity index (χ1v) is 6.18. The van der Waals surface area contributed by atoms with Crippen molar-refractivity contribution in [3.8, 4) is 0 Å². The molecule has 1 aromatic rings. The van der Waals surface area contributed by atoms with Crippen LogP contribution < -0.4 is 10.6 Å². The quantitative estimate of drug-likeness (QED) is 0.759. The lowest BCUT2D eigenvalue weighted by Gasteiger charge is -2.23. The first kappa shape index (κ1) is 13.3. The number of nitrogens with zero attached hydrogens (tertiary/aromatic N) is 2. The molecule has 0 saturated heterocycles. The predicted molar refractivity (Wildman–Crippen MR) is 67.6 cm³/mol. The van der Waals surface area contributed by atoms with E-state index in [2.05, 4.69) is 20.6 Å². The van der Waals surface area contributed by atoms with Gasteiger partial charge in [-0.15, -0.1) is 0 Å². The summed E-state index contributed by atoms with van der Waals surface area (Å²) >= 11 is 0. The first-order valence-electron chi connectivity index (χ1n) is 6.18. The van der Waals surface area contributed by atoms with E-state index in [0.29, 0.717) is 12.8 Å². The van der Waals surface area contributed by atoms with Crippen LogP contribution >= 0.6 is 0 Å². The van der Waals surface area contributed by atoms with Gasteiger partial charge in [-0.1, -0.05) is 12.8 Å². The summed E-state index contributed by atoms with van der Waals surface area (Å²) in [5.74, 6) is -0.656. The molecule has 1 aliphatic carbocycles. The van der Waals surface area contributed by atoms with Crippen LogP contribution in [0.25, 0.3) is 0 Å². The maximum Gasteiger partial charge on any atom is 0.321 e. The van der Waals surface area contributed by atoms with Crippen molar-refractivity contribution in [2.45, 2.75) is 25.7 Å². The van der Waals surface area contributed by atoms with E-state index in [0.717, 1.165) is 12.8 Å². The fourth-order valence-electron chi connectivity index (χ4n) is 2.28. The van der Waals surface area contributed by atoms with Gasteiger partial charge >= 0.3 is 12.0 Å². The summed E-state index contributed by atoms with van der Waals surface area (Å²) in [7, 11) is 0. The molecule has 1 fully saturated rings.